The summed E-state index contributed by atoms with van der Waals surface area (Å²) in [5, 5.41) is 0. The summed E-state index contributed by atoms with van der Waals surface area (Å²) in [6.45, 7) is 5.06. The van der Waals surface area contributed by atoms with E-state index in [9.17, 15) is 0 Å². The second-order valence-electron chi connectivity index (χ2n) is 3.92. The van der Waals surface area contributed by atoms with E-state index < -0.39 is 0 Å². The number of benzene rings is 1. The Morgan fingerprint density at radius 1 is 1.13 bits per heavy atom. The van der Waals surface area contributed by atoms with E-state index in [1.807, 2.05) is 0 Å². The zero-order valence-electron chi connectivity index (χ0n) is 9.97. The summed E-state index contributed by atoms with van der Waals surface area (Å²) in [5.74, 6) is 0.982. The van der Waals surface area contributed by atoms with Crippen LogP contribution in [0.4, 0.5) is 0 Å². The van der Waals surface area contributed by atoms with Gasteiger partial charge in [-0.3, -0.25) is 0 Å². The van der Waals surface area contributed by atoms with Gasteiger partial charge >= 0.3 is 0 Å². The number of aryl methyl sites for hydroxylation is 1. The van der Waals surface area contributed by atoms with Crippen molar-refractivity contribution in [3.63, 3.8) is 0 Å². The average Bonchev–Trinajstić information content (AvgIpc) is 2.25. The normalized spacial score (nSPS) is 10.4. The number of unbranched alkanes of at least 4 members (excludes halogenated alkanes) is 1. The summed E-state index contributed by atoms with van der Waals surface area (Å²) in [4.78, 5) is 0. The minimum absolute atomic E-state index is 0.786. The van der Waals surface area contributed by atoms with E-state index in [0.717, 1.165) is 25.1 Å². The van der Waals surface area contributed by atoms with Crippen molar-refractivity contribution >= 4 is 0 Å². The molecule has 2 nitrogen and oxygen atoms in total. The highest BCUT2D eigenvalue weighted by molar-refractivity contribution is 5.43. The Labute approximate surface area is 92.4 Å². The molecule has 0 bridgehead atoms. The van der Waals surface area contributed by atoms with Crippen molar-refractivity contribution in [2.45, 2.75) is 33.1 Å². The van der Waals surface area contributed by atoms with Crippen LogP contribution < -0.4 is 10.5 Å². The summed E-state index contributed by atoms with van der Waals surface area (Å²) in [5.41, 5.74) is 9.51. The number of hydrogen-bond donors (Lipinski definition) is 1. The monoisotopic (exact) mass is 207 g/mol. The van der Waals surface area contributed by atoms with E-state index in [1.165, 1.54) is 23.1 Å². The Morgan fingerprint density at radius 2 is 1.87 bits per heavy atom. The largest absolute Gasteiger partial charge is 0.496 e. The van der Waals surface area contributed by atoms with Crippen LogP contribution >= 0.6 is 0 Å². The van der Waals surface area contributed by atoms with Crippen LogP contribution in [0.1, 0.15) is 29.5 Å². The van der Waals surface area contributed by atoms with Crippen LogP contribution in [0, 0.1) is 13.8 Å². The Morgan fingerprint density at radius 3 is 2.47 bits per heavy atom. The highest BCUT2D eigenvalue weighted by Gasteiger charge is 2.05. The lowest BCUT2D eigenvalue weighted by Crippen LogP contribution is -2.00. The fourth-order valence-corrected chi connectivity index (χ4v) is 1.80. The van der Waals surface area contributed by atoms with Crippen LogP contribution in [0.2, 0.25) is 0 Å². The fraction of sp³-hybridized carbons (Fsp3) is 0.538. The molecule has 1 aromatic rings. The maximum Gasteiger partial charge on any atom is 0.122 e. The van der Waals surface area contributed by atoms with Gasteiger partial charge in [0, 0.05) is 0 Å². The SMILES string of the molecule is COc1ccc(CCCCN)c(C)c1C. The molecule has 0 saturated heterocycles. The molecule has 0 aliphatic heterocycles. The molecule has 1 rings (SSSR count). The third-order valence-corrected chi connectivity index (χ3v) is 2.97. The molecule has 1 aromatic carbocycles. The minimum atomic E-state index is 0.786. The third kappa shape index (κ3) is 2.96. The number of rotatable bonds is 5. The van der Waals surface area contributed by atoms with Crippen LogP contribution in [0.3, 0.4) is 0 Å². The summed E-state index contributed by atoms with van der Waals surface area (Å²) in [6, 6.07) is 4.22. The Hall–Kier alpha value is -1.02. The average molecular weight is 207 g/mol. The molecule has 0 aliphatic rings. The van der Waals surface area contributed by atoms with E-state index in [0.29, 0.717) is 0 Å². The van der Waals surface area contributed by atoms with Crippen molar-refractivity contribution in [1.82, 2.24) is 0 Å². The summed E-state index contributed by atoms with van der Waals surface area (Å²) in [7, 11) is 1.72. The molecule has 0 amide bonds. The molecule has 0 heterocycles. The van der Waals surface area contributed by atoms with Crippen molar-refractivity contribution in [2.75, 3.05) is 13.7 Å². The Balaban J connectivity index is 2.77. The summed E-state index contributed by atoms with van der Waals surface area (Å²) in [6.07, 6.45) is 3.39. The number of ether oxygens (including phenoxy) is 1. The van der Waals surface area contributed by atoms with Gasteiger partial charge in [0.1, 0.15) is 5.75 Å². The van der Waals surface area contributed by atoms with Crippen molar-refractivity contribution in [3.05, 3.63) is 28.8 Å². The van der Waals surface area contributed by atoms with Gasteiger partial charge < -0.3 is 10.5 Å². The van der Waals surface area contributed by atoms with Gasteiger partial charge in [-0.15, -0.1) is 0 Å². The molecule has 0 fully saturated rings. The first kappa shape index (κ1) is 12.1. The van der Waals surface area contributed by atoms with Crippen molar-refractivity contribution in [2.24, 2.45) is 5.73 Å². The van der Waals surface area contributed by atoms with Crippen LogP contribution in [-0.4, -0.2) is 13.7 Å². The highest BCUT2D eigenvalue weighted by Crippen LogP contribution is 2.24. The number of nitrogens with two attached hydrogens (primary N) is 1. The van der Waals surface area contributed by atoms with E-state index in [2.05, 4.69) is 26.0 Å². The van der Waals surface area contributed by atoms with E-state index >= 15 is 0 Å². The molecule has 0 saturated carbocycles. The fourth-order valence-electron chi connectivity index (χ4n) is 1.80. The Bertz CT molecular complexity index is 321. The lowest BCUT2D eigenvalue weighted by Gasteiger charge is -2.12. The van der Waals surface area contributed by atoms with E-state index in [1.54, 1.807) is 7.11 Å². The summed E-state index contributed by atoms with van der Waals surface area (Å²) < 4.78 is 5.29. The van der Waals surface area contributed by atoms with Gasteiger partial charge in [0.15, 0.2) is 0 Å². The van der Waals surface area contributed by atoms with Gasteiger partial charge in [-0.05, 0) is 62.4 Å². The lowest BCUT2D eigenvalue weighted by molar-refractivity contribution is 0.411. The molecule has 0 spiro atoms. The molecule has 0 aromatic heterocycles. The van der Waals surface area contributed by atoms with Crippen LogP contribution in [-0.2, 0) is 6.42 Å². The van der Waals surface area contributed by atoms with Crippen molar-refractivity contribution < 1.29 is 4.74 Å². The molecular weight excluding hydrogens is 186 g/mol. The van der Waals surface area contributed by atoms with Gasteiger partial charge in [0.2, 0.25) is 0 Å². The first-order chi connectivity index (χ1) is 7.20. The summed E-state index contributed by atoms with van der Waals surface area (Å²) >= 11 is 0. The third-order valence-electron chi connectivity index (χ3n) is 2.97. The predicted octanol–water partition coefficient (Wildman–Crippen LogP) is 2.59. The van der Waals surface area contributed by atoms with Crippen molar-refractivity contribution in [3.8, 4) is 5.75 Å². The minimum Gasteiger partial charge on any atom is -0.496 e. The molecule has 84 valence electrons. The quantitative estimate of drug-likeness (QED) is 0.753. The van der Waals surface area contributed by atoms with Crippen LogP contribution in [0.15, 0.2) is 12.1 Å². The van der Waals surface area contributed by atoms with Gasteiger partial charge in [0.25, 0.3) is 0 Å². The molecule has 0 aliphatic carbocycles. The highest BCUT2D eigenvalue weighted by atomic mass is 16.5. The molecule has 0 atom stereocenters. The molecular formula is C13H21NO. The molecule has 0 radical (unpaired) electrons. The van der Waals surface area contributed by atoms with E-state index in [-0.39, 0.29) is 0 Å². The number of methoxy groups -OCH3 is 1. The second kappa shape index (κ2) is 5.76. The van der Waals surface area contributed by atoms with Gasteiger partial charge in [0.05, 0.1) is 7.11 Å². The molecule has 15 heavy (non-hydrogen) atoms. The Kier molecular flexibility index (Phi) is 4.63. The topological polar surface area (TPSA) is 35.2 Å². The maximum atomic E-state index is 5.49. The van der Waals surface area contributed by atoms with E-state index in [4.69, 9.17) is 10.5 Å². The van der Waals surface area contributed by atoms with Gasteiger partial charge in [-0.25, -0.2) is 0 Å². The van der Waals surface area contributed by atoms with Gasteiger partial charge in [-0.1, -0.05) is 6.07 Å². The number of hydrogen-bond acceptors (Lipinski definition) is 2. The first-order valence-corrected chi connectivity index (χ1v) is 5.53. The lowest BCUT2D eigenvalue weighted by atomic mass is 9.98. The smallest absolute Gasteiger partial charge is 0.122 e. The zero-order chi connectivity index (χ0) is 11.3. The predicted molar refractivity (Wildman–Crippen MR) is 64.5 cm³/mol. The second-order valence-corrected chi connectivity index (χ2v) is 3.92. The standard InChI is InChI=1S/C13H21NO/c1-10-11(2)13(15-3)8-7-12(10)6-4-5-9-14/h7-8H,4-6,9,14H2,1-3H3. The van der Waals surface area contributed by atoms with Crippen LogP contribution in [0.5, 0.6) is 5.75 Å². The maximum absolute atomic E-state index is 5.49. The zero-order valence-corrected chi connectivity index (χ0v) is 9.97. The molecule has 2 N–H and O–H groups in total. The van der Waals surface area contributed by atoms with Crippen molar-refractivity contribution in [1.29, 1.82) is 0 Å². The van der Waals surface area contributed by atoms with Gasteiger partial charge in [-0.2, -0.15) is 0 Å². The molecule has 0 unspecified atom stereocenters. The first-order valence-electron chi connectivity index (χ1n) is 5.53. The van der Waals surface area contributed by atoms with Crippen LogP contribution in [0.25, 0.3) is 0 Å². The molecule has 2 heteroatoms.